The number of rotatable bonds is 9. The molecule has 1 saturated heterocycles. The first-order chi connectivity index (χ1) is 18.1. The van der Waals surface area contributed by atoms with Crippen LogP contribution in [-0.2, 0) is 6.61 Å². The Balaban J connectivity index is 1.52. The molecule has 2 heterocycles. The fourth-order valence-electron chi connectivity index (χ4n) is 3.73. The molecule has 1 aliphatic heterocycles. The van der Waals surface area contributed by atoms with Gasteiger partial charge >= 0.3 is 0 Å². The summed E-state index contributed by atoms with van der Waals surface area (Å²) in [5.74, 6) is 7.04. The molecule has 4 rings (SSSR count). The maximum atomic E-state index is 11.4. The van der Waals surface area contributed by atoms with Crippen LogP contribution in [0.25, 0.3) is 0 Å². The first-order valence-electron chi connectivity index (χ1n) is 11.8. The number of nitrogens with zero attached hydrogens (tertiary/aromatic N) is 4. The van der Waals surface area contributed by atoms with Gasteiger partial charge in [0.2, 0.25) is 17.7 Å². The summed E-state index contributed by atoms with van der Waals surface area (Å²) in [6.45, 7) is 4.01. The van der Waals surface area contributed by atoms with Crippen LogP contribution in [0.3, 0.4) is 0 Å². The molecule has 9 nitrogen and oxygen atoms in total. The molecular formula is C27H29N5O4S. The smallest absolute Gasteiger partial charge is 0.248 e. The van der Waals surface area contributed by atoms with Gasteiger partial charge in [0.15, 0.2) is 0 Å². The van der Waals surface area contributed by atoms with E-state index in [0.29, 0.717) is 30.5 Å². The summed E-state index contributed by atoms with van der Waals surface area (Å²) >= 11 is 1.46. The fraction of sp³-hybridized carbons (Fsp3) is 0.296. The van der Waals surface area contributed by atoms with E-state index in [1.54, 1.807) is 25.4 Å². The number of anilines is 1. The summed E-state index contributed by atoms with van der Waals surface area (Å²) in [5, 5.41) is 8.85. The van der Waals surface area contributed by atoms with Crippen LogP contribution in [0.15, 0.2) is 64.5 Å². The molecule has 3 N–H and O–H groups in total. The molecule has 2 aromatic carbocycles. The lowest BCUT2D eigenvalue weighted by Crippen LogP contribution is -2.47. The van der Waals surface area contributed by atoms with Crippen LogP contribution in [0.2, 0.25) is 0 Å². The molecule has 0 aliphatic carbocycles. The number of primary amides is 1. The molecule has 0 unspecified atom stereocenters. The molecule has 0 bridgehead atoms. The number of aliphatic hydroxyl groups excluding tert-OH is 1. The van der Waals surface area contributed by atoms with Gasteiger partial charge in [-0.3, -0.25) is 9.69 Å². The van der Waals surface area contributed by atoms with Crippen molar-refractivity contribution in [1.82, 2.24) is 14.9 Å². The Morgan fingerprint density at radius 3 is 2.62 bits per heavy atom. The Labute approximate surface area is 220 Å². The Morgan fingerprint density at radius 1 is 1.14 bits per heavy atom. The minimum atomic E-state index is -0.466. The largest absolute Gasteiger partial charge is 0.497 e. The molecule has 0 spiro atoms. The zero-order valence-corrected chi connectivity index (χ0v) is 21.4. The first kappa shape index (κ1) is 26.3. The van der Waals surface area contributed by atoms with Crippen molar-refractivity contribution in [2.45, 2.75) is 16.4 Å². The van der Waals surface area contributed by atoms with Gasteiger partial charge in [0, 0.05) is 36.6 Å². The highest BCUT2D eigenvalue weighted by Crippen LogP contribution is 2.35. The zero-order chi connectivity index (χ0) is 26.0. The van der Waals surface area contributed by atoms with Crippen molar-refractivity contribution >= 4 is 23.6 Å². The van der Waals surface area contributed by atoms with Crippen molar-refractivity contribution in [2.75, 3.05) is 51.3 Å². The second-order valence-electron chi connectivity index (χ2n) is 8.25. The Kier molecular flexibility index (Phi) is 9.21. The monoisotopic (exact) mass is 519 g/mol. The molecule has 1 fully saturated rings. The standard InChI is InChI=1S/C27H29N5O4S/c1-35-22-6-4-5-20(17-22)19-36-26-24(37-23-9-7-21(8-10-23)25(28)34)18-29-27(30-26)32-14-12-31(13-15-32)11-2-3-16-33/h4-10,17-18,33H,11-16,19H2,1H3,(H2,28,34). The van der Waals surface area contributed by atoms with Crippen molar-refractivity contribution in [2.24, 2.45) is 5.73 Å². The van der Waals surface area contributed by atoms with Gasteiger partial charge in [-0.15, -0.1) is 0 Å². The predicted octanol–water partition coefficient (Wildman–Crippen LogP) is 2.43. The number of carbonyl (C=O) groups is 1. The number of aromatic nitrogens is 2. The number of hydrogen-bond donors (Lipinski definition) is 2. The zero-order valence-electron chi connectivity index (χ0n) is 20.6. The fourth-order valence-corrected chi connectivity index (χ4v) is 4.55. The molecular weight excluding hydrogens is 490 g/mol. The Hall–Kier alpha value is -3.78. The van der Waals surface area contributed by atoms with Gasteiger partial charge in [-0.25, -0.2) is 4.98 Å². The van der Waals surface area contributed by atoms with Gasteiger partial charge in [0.25, 0.3) is 0 Å². The molecule has 1 aromatic heterocycles. The summed E-state index contributed by atoms with van der Waals surface area (Å²) in [5.41, 5.74) is 6.77. The molecule has 192 valence electrons. The summed E-state index contributed by atoms with van der Waals surface area (Å²) in [4.78, 5) is 26.9. The predicted molar refractivity (Wildman–Crippen MR) is 142 cm³/mol. The Bertz CT molecular complexity index is 1270. The lowest BCUT2D eigenvalue weighted by Gasteiger charge is -2.33. The van der Waals surface area contributed by atoms with Crippen LogP contribution in [0.1, 0.15) is 15.9 Å². The summed E-state index contributed by atoms with van der Waals surface area (Å²) in [7, 11) is 1.63. The van der Waals surface area contributed by atoms with Crippen molar-refractivity contribution in [3.05, 3.63) is 65.9 Å². The molecule has 1 amide bonds. The van der Waals surface area contributed by atoms with Gasteiger partial charge in [-0.2, -0.15) is 4.98 Å². The molecule has 1 aliphatic rings. The van der Waals surface area contributed by atoms with Crippen molar-refractivity contribution in [3.8, 4) is 23.5 Å². The van der Waals surface area contributed by atoms with E-state index in [1.807, 2.05) is 36.4 Å². The van der Waals surface area contributed by atoms with Gasteiger partial charge in [-0.05, 0) is 42.0 Å². The van der Waals surface area contributed by atoms with Crippen LogP contribution >= 0.6 is 11.8 Å². The number of aliphatic hydroxyl groups is 1. The molecule has 3 aromatic rings. The van der Waals surface area contributed by atoms with E-state index in [1.165, 1.54) is 11.8 Å². The summed E-state index contributed by atoms with van der Waals surface area (Å²) in [6, 6.07) is 14.8. The second kappa shape index (κ2) is 13.0. The third-order valence-electron chi connectivity index (χ3n) is 5.75. The number of hydrogen-bond acceptors (Lipinski definition) is 9. The molecule has 37 heavy (non-hydrogen) atoms. The number of benzene rings is 2. The van der Waals surface area contributed by atoms with Crippen molar-refractivity contribution < 1.29 is 19.4 Å². The normalized spacial score (nSPS) is 13.5. The second-order valence-corrected chi connectivity index (χ2v) is 9.36. The molecule has 0 saturated carbocycles. The SMILES string of the molecule is COc1cccc(COc2nc(N3CCN(CC#CCO)CC3)ncc2Sc2ccc(C(N)=O)cc2)c1. The first-order valence-corrected chi connectivity index (χ1v) is 12.6. The number of methoxy groups -OCH3 is 1. The number of ether oxygens (including phenoxy) is 2. The van der Waals surface area contributed by atoms with Gasteiger partial charge in [0.05, 0.1) is 24.7 Å². The average Bonchev–Trinajstić information content (AvgIpc) is 2.93. The topological polar surface area (TPSA) is 114 Å². The van der Waals surface area contributed by atoms with Crippen LogP contribution in [0.5, 0.6) is 11.6 Å². The molecule has 10 heteroatoms. The third-order valence-corrected chi connectivity index (χ3v) is 6.76. The van der Waals surface area contributed by atoms with E-state index in [9.17, 15) is 4.79 Å². The minimum absolute atomic E-state index is 0.119. The van der Waals surface area contributed by atoms with Crippen LogP contribution < -0.4 is 20.1 Å². The van der Waals surface area contributed by atoms with Gasteiger partial charge in [0.1, 0.15) is 19.0 Å². The minimum Gasteiger partial charge on any atom is -0.497 e. The maximum absolute atomic E-state index is 11.4. The summed E-state index contributed by atoms with van der Waals surface area (Å²) < 4.78 is 11.5. The number of nitrogens with two attached hydrogens (primary N) is 1. The van der Waals surface area contributed by atoms with Crippen LogP contribution in [-0.4, -0.2) is 72.3 Å². The third kappa shape index (κ3) is 7.36. The van der Waals surface area contributed by atoms with E-state index >= 15 is 0 Å². The summed E-state index contributed by atoms with van der Waals surface area (Å²) in [6.07, 6.45) is 1.77. The highest BCUT2D eigenvalue weighted by atomic mass is 32.2. The highest BCUT2D eigenvalue weighted by Gasteiger charge is 2.20. The van der Waals surface area contributed by atoms with E-state index in [0.717, 1.165) is 47.3 Å². The van der Waals surface area contributed by atoms with Crippen LogP contribution in [0, 0.1) is 11.8 Å². The number of amides is 1. The number of carbonyl (C=O) groups excluding carboxylic acids is 1. The highest BCUT2D eigenvalue weighted by molar-refractivity contribution is 7.99. The van der Waals surface area contributed by atoms with E-state index in [2.05, 4.69) is 26.6 Å². The lowest BCUT2D eigenvalue weighted by molar-refractivity contribution is 0.1000. The van der Waals surface area contributed by atoms with Crippen molar-refractivity contribution in [3.63, 3.8) is 0 Å². The maximum Gasteiger partial charge on any atom is 0.248 e. The van der Waals surface area contributed by atoms with Gasteiger partial charge < -0.3 is 25.2 Å². The van der Waals surface area contributed by atoms with E-state index < -0.39 is 5.91 Å². The van der Waals surface area contributed by atoms with Crippen LogP contribution in [0.4, 0.5) is 5.95 Å². The van der Waals surface area contributed by atoms with Gasteiger partial charge in [-0.1, -0.05) is 35.7 Å². The van der Waals surface area contributed by atoms with E-state index in [4.69, 9.17) is 25.3 Å². The quantitative estimate of drug-likeness (QED) is 0.412. The Morgan fingerprint density at radius 2 is 1.92 bits per heavy atom. The van der Waals surface area contributed by atoms with E-state index in [-0.39, 0.29) is 6.61 Å². The van der Waals surface area contributed by atoms with Crippen molar-refractivity contribution in [1.29, 1.82) is 0 Å². The molecule has 0 radical (unpaired) electrons. The lowest BCUT2D eigenvalue weighted by atomic mass is 10.2. The number of piperazine rings is 1. The molecule has 0 atom stereocenters. The average molecular weight is 520 g/mol.